The summed E-state index contributed by atoms with van der Waals surface area (Å²) in [7, 11) is 1.54. The van der Waals surface area contributed by atoms with Gasteiger partial charge in [-0.15, -0.1) is 0 Å². The summed E-state index contributed by atoms with van der Waals surface area (Å²) in [5.74, 6) is -0.0103. The molecule has 5 heteroatoms. The predicted molar refractivity (Wildman–Crippen MR) is 89.9 cm³/mol. The first kappa shape index (κ1) is 16.5. The second-order valence-corrected chi connectivity index (χ2v) is 5.30. The highest BCUT2D eigenvalue weighted by Gasteiger charge is 2.10. The monoisotopic (exact) mass is 312 g/mol. The highest BCUT2D eigenvalue weighted by molar-refractivity contribution is 5.99. The summed E-state index contributed by atoms with van der Waals surface area (Å²) in [6, 6.07) is 12.7. The Balaban J connectivity index is 1.95. The number of methoxy groups -OCH3 is 1. The van der Waals surface area contributed by atoms with Crippen molar-refractivity contribution >= 4 is 17.5 Å². The molecule has 0 aliphatic carbocycles. The Bertz CT molecular complexity index is 726. The van der Waals surface area contributed by atoms with Crippen LogP contribution in [0.5, 0.6) is 5.75 Å². The Morgan fingerprint density at radius 2 is 1.78 bits per heavy atom. The van der Waals surface area contributed by atoms with E-state index in [1.807, 2.05) is 38.1 Å². The number of amides is 2. The first-order chi connectivity index (χ1) is 11.0. The summed E-state index contributed by atoms with van der Waals surface area (Å²) in [4.78, 5) is 24.0. The van der Waals surface area contributed by atoms with Gasteiger partial charge >= 0.3 is 0 Å². The second kappa shape index (κ2) is 7.45. The first-order valence-corrected chi connectivity index (χ1v) is 7.29. The average molecular weight is 312 g/mol. The molecular weight excluding hydrogens is 292 g/mol. The quantitative estimate of drug-likeness (QED) is 0.892. The molecule has 0 aliphatic heterocycles. The van der Waals surface area contributed by atoms with Gasteiger partial charge in [0.15, 0.2) is 0 Å². The zero-order chi connectivity index (χ0) is 16.8. The summed E-state index contributed by atoms with van der Waals surface area (Å²) in [6.45, 7) is 3.73. The number of hydrogen-bond donors (Lipinski definition) is 2. The van der Waals surface area contributed by atoms with Gasteiger partial charge in [-0.1, -0.05) is 23.8 Å². The summed E-state index contributed by atoms with van der Waals surface area (Å²) in [6.07, 6.45) is 0. The van der Waals surface area contributed by atoms with Crippen molar-refractivity contribution < 1.29 is 14.3 Å². The molecule has 0 bridgehead atoms. The van der Waals surface area contributed by atoms with Gasteiger partial charge in [0.05, 0.1) is 19.3 Å². The van der Waals surface area contributed by atoms with Crippen LogP contribution >= 0.6 is 0 Å². The first-order valence-electron chi connectivity index (χ1n) is 7.29. The van der Waals surface area contributed by atoms with E-state index in [2.05, 4.69) is 10.6 Å². The van der Waals surface area contributed by atoms with E-state index in [-0.39, 0.29) is 18.4 Å². The number of carbonyl (C=O) groups excluding carboxylic acids is 2. The molecule has 2 rings (SSSR count). The molecule has 0 spiro atoms. The minimum atomic E-state index is -0.310. The molecular formula is C18H20N2O3. The smallest absolute Gasteiger partial charge is 0.251 e. The molecule has 0 unspecified atom stereocenters. The molecule has 23 heavy (non-hydrogen) atoms. The Morgan fingerprint density at radius 1 is 1.04 bits per heavy atom. The molecule has 0 aromatic heterocycles. The van der Waals surface area contributed by atoms with E-state index >= 15 is 0 Å². The minimum Gasteiger partial charge on any atom is -0.495 e. The van der Waals surface area contributed by atoms with E-state index in [4.69, 9.17) is 4.74 Å². The van der Waals surface area contributed by atoms with Gasteiger partial charge in [0.2, 0.25) is 5.91 Å². The SMILES string of the molecule is COc1ccc(C)cc1NC(=O)CNC(=O)c1cccc(C)c1. The Morgan fingerprint density at radius 3 is 2.48 bits per heavy atom. The number of benzene rings is 2. The van der Waals surface area contributed by atoms with Crippen molar-refractivity contribution in [2.24, 2.45) is 0 Å². The molecule has 0 fully saturated rings. The average Bonchev–Trinajstić information content (AvgIpc) is 2.53. The summed E-state index contributed by atoms with van der Waals surface area (Å²) in [5.41, 5.74) is 3.12. The van der Waals surface area contributed by atoms with Crippen LogP contribution in [0.4, 0.5) is 5.69 Å². The normalized spacial score (nSPS) is 10.0. The predicted octanol–water partition coefficient (Wildman–Crippen LogP) is 2.68. The third-order valence-corrected chi connectivity index (χ3v) is 3.32. The minimum absolute atomic E-state index is 0.107. The van der Waals surface area contributed by atoms with E-state index in [1.165, 1.54) is 0 Å². The highest BCUT2D eigenvalue weighted by atomic mass is 16.5. The van der Waals surface area contributed by atoms with Gasteiger partial charge in [-0.25, -0.2) is 0 Å². The van der Waals surface area contributed by atoms with E-state index in [0.29, 0.717) is 17.0 Å². The van der Waals surface area contributed by atoms with Gasteiger partial charge in [0, 0.05) is 5.56 Å². The van der Waals surface area contributed by atoms with Crippen LogP contribution in [0, 0.1) is 13.8 Å². The molecule has 2 N–H and O–H groups in total. The molecule has 120 valence electrons. The molecule has 0 atom stereocenters. The lowest BCUT2D eigenvalue weighted by atomic mass is 10.1. The van der Waals surface area contributed by atoms with Crippen LogP contribution in [-0.4, -0.2) is 25.5 Å². The molecule has 0 aliphatic rings. The maximum atomic E-state index is 12.0. The lowest BCUT2D eigenvalue weighted by Crippen LogP contribution is -2.32. The van der Waals surface area contributed by atoms with Crippen LogP contribution < -0.4 is 15.4 Å². The van der Waals surface area contributed by atoms with Gasteiger partial charge in [0.1, 0.15) is 5.75 Å². The fourth-order valence-electron chi connectivity index (χ4n) is 2.16. The number of aryl methyl sites for hydroxylation is 2. The van der Waals surface area contributed by atoms with Crippen LogP contribution in [0.1, 0.15) is 21.5 Å². The van der Waals surface area contributed by atoms with Crippen molar-refractivity contribution in [3.8, 4) is 5.75 Å². The van der Waals surface area contributed by atoms with E-state index < -0.39 is 0 Å². The van der Waals surface area contributed by atoms with Crippen molar-refractivity contribution in [1.29, 1.82) is 0 Å². The lowest BCUT2D eigenvalue weighted by molar-refractivity contribution is -0.115. The van der Waals surface area contributed by atoms with Crippen LogP contribution in [-0.2, 0) is 4.79 Å². The molecule has 5 nitrogen and oxygen atoms in total. The zero-order valence-electron chi connectivity index (χ0n) is 13.5. The van der Waals surface area contributed by atoms with E-state index in [0.717, 1.165) is 11.1 Å². The van der Waals surface area contributed by atoms with Crippen molar-refractivity contribution in [3.63, 3.8) is 0 Å². The van der Waals surface area contributed by atoms with Crippen LogP contribution in [0.2, 0.25) is 0 Å². The Labute approximate surface area is 135 Å². The summed E-state index contributed by atoms with van der Waals surface area (Å²) in [5, 5.41) is 5.35. The second-order valence-electron chi connectivity index (χ2n) is 5.30. The fourth-order valence-corrected chi connectivity index (χ4v) is 2.16. The molecule has 2 aromatic rings. The van der Waals surface area contributed by atoms with Crippen LogP contribution in [0.3, 0.4) is 0 Å². The third kappa shape index (κ3) is 4.57. The van der Waals surface area contributed by atoms with Crippen molar-refractivity contribution in [3.05, 3.63) is 59.2 Å². The Hall–Kier alpha value is -2.82. The van der Waals surface area contributed by atoms with Crippen LogP contribution in [0.15, 0.2) is 42.5 Å². The van der Waals surface area contributed by atoms with Gasteiger partial charge in [0.25, 0.3) is 5.91 Å². The fraction of sp³-hybridized carbons (Fsp3) is 0.222. The topological polar surface area (TPSA) is 67.4 Å². The van der Waals surface area contributed by atoms with Crippen molar-refractivity contribution in [2.45, 2.75) is 13.8 Å². The highest BCUT2D eigenvalue weighted by Crippen LogP contribution is 2.24. The number of nitrogens with one attached hydrogen (secondary N) is 2. The van der Waals surface area contributed by atoms with Gasteiger partial charge in [-0.05, 0) is 43.7 Å². The molecule has 0 heterocycles. The molecule has 0 radical (unpaired) electrons. The van der Waals surface area contributed by atoms with Gasteiger partial charge in [-0.2, -0.15) is 0 Å². The number of carbonyl (C=O) groups is 2. The largest absolute Gasteiger partial charge is 0.495 e. The van der Waals surface area contributed by atoms with Crippen LogP contribution in [0.25, 0.3) is 0 Å². The maximum Gasteiger partial charge on any atom is 0.251 e. The molecule has 2 aromatic carbocycles. The van der Waals surface area contributed by atoms with E-state index in [9.17, 15) is 9.59 Å². The van der Waals surface area contributed by atoms with E-state index in [1.54, 1.807) is 25.3 Å². The maximum absolute atomic E-state index is 12.0. The third-order valence-electron chi connectivity index (χ3n) is 3.32. The van der Waals surface area contributed by atoms with Gasteiger partial charge < -0.3 is 15.4 Å². The van der Waals surface area contributed by atoms with Gasteiger partial charge in [-0.3, -0.25) is 9.59 Å². The zero-order valence-corrected chi connectivity index (χ0v) is 13.5. The number of anilines is 1. The summed E-state index contributed by atoms with van der Waals surface area (Å²) < 4.78 is 5.21. The Kier molecular flexibility index (Phi) is 5.36. The number of hydrogen-bond acceptors (Lipinski definition) is 3. The van der Waals surface area contributed by atoms with Crippen molar-refractivity contribution in [1.82, 2.24) is 5.32 Å². The molecule has 2 amide bonds. The summed E-state index contributed by atoms with van der Waals surface area (Å²) >= 11 is 0. The number of ether oxygens (including phenoxy) is 1. The molecule has 0 saturated heterocycles. The van der Waals surface area contributed by atoms with Crippen molar-refractivity contribution in [2.75, 3.05) is 19.0 Å². The number of rotatable bonds is 5. The molecule has 0 saturated carbocycles. The standard InChI is InChI=1S/C18H20N2O3/c1-12-5-4-6-14(9-12)18(22)19-11-17(21)20-15-10-13(2)7-8-16(15)23-3/h4-10H,11H2,1-3H3,(H,19,22)(H,20,21). The lowest BCUT2D eigenvalue weighted by Gasteiger charge is -2.11.